The molecule has 0 aliphatic carbocycles. The lowest BCUT2D eigenvalue weighted by atomic mass is 10.1. The van der Waals surface area contributed by atoms with E-state index in [-0.39, 0.29) is 12.1 Å². The van der Waals surface area contributed by atoms with Crippen molar-refractivity contribution in [2.24, 2.45) is 0 Å². The molecule has 1 aliphatic heterocycles. The zero-order valence-electron chi connectivity index (χ0n) is 13.3. The van der Waals surface area contributed by atoms with E-state index in [1.54, 1.807) is 6.20 Å². The fourth-order valence-electron chi connectivity index (χ4n) is 2.49. The zero-order chi connectivity index (χ0) is 15.9. The summed E-state index contributed by atoms with van der Waals surface area (Å²) in [6.45, 7) is 8.96. The Bertz CT molecular complexity index is 698. The number of carbonyl (C=O) groups excluding carboxylic acids is 1. The first-order valence-electron chi connectivity index (χ1n) is 7.37. The van der Waals surface area contributed by atoms with Crippen LogP contribution in [0.4, 0.5) is 10.6 Å². The maximum atomic E-state index is 11.7. The predicted molar refractivity (Wildman–Crippen MR) is 83.1 cm³/mol. The molecule has 7 heteroatoms. The van der Waals surface area contributed by atoms with Gasteiger partial charge in [-0.05, 0) is 33.8 Å². The molecule has 1 amide bonds. The fraction of sp³-hybridized carbons (Fsp3) is 0.533. The Morgan fingerprint density at radius 1 is 1.41 bits per heavy atom. The maximum absolute atomic E-state index is 11.7. The van der Waals surface area contributed by atoms with Crippen molar-refractivity contribution >= 4 is 17.4 Å². The largest absolute Gasteiger partial charge is 0.444 e. The number of amides is 1. The maximum Gasteiger partial charge on any atom is 0.407 e. The molecule has 1 fully saturated rings. The Morgan fingerprint density at radius 2 is 2.14 bits per heavy atom. The van der Waals surface area contributed by atoms with Crippen LogP contribution in [-0.4, -0.2) is 45.4 Å². The summed E-state index contributed by atoms with van der Waals surface area (Å²) >= 11 is 0. The quantitative estimate of drug-likeness (QED) is 0.915. The van der Waals surface area contributed by atoms with Crippen LogP contribution in [0, 0.1) is 6.92 Å². The molecule has 2 aromatic heterocycles. The lowest BCUT2D eigenvalue weighted by molar-refractivity contribution is 0.0496. The molecule has 0 aromatic carbocycles. The van der Waals surface area contributed by atoms with Gasteiger partial charge in [0.1, 0.15) is 11.1 Å². The van der Waals surface area contributed by atoms with Gasteiger partial charge >= 0.3 is 6.09 Å². The number of nitrogens with one attached hydrogen (secondary N) is 1. The second kappa shape index (κ2) is 5.15. The van der Waals surface area contributed by atoms with Crippen LogP contribution in [0.5, 0.6) is 0 Å². The number of aromatic nitrogens is 3. The average Bonchev–Trinajstić information content (AvgIpc) is 2.71. The van der Waals surface area contributed by atoms with E-state index in [0.29, 0.717) is 0 Å². The number of rotatable bonds is 2. The third kappa shape index (κ3) is 2.98. The van der Waals surface area contributed by atoms with Gasteiger partial charge in [0.05, 0.1) is 11.7 Å². The molecule has 22 heavy (non-hydrogen) atoms. The first-order chi connectivity index (χ1) is 10.3. The molecule has 0 unspecified atom stereocenters. The molecular weight excluding hydrogens is 282 g/mol. The van der Waals surface area contributed by atoms with Crippen LogP contribution in [0.2, 0.25) is 0 Å². The minimum Gasteiger partial charge on any atom is -0.444 e. The van der Waals surface area contributed by atoms with E-state index in [4.69, 9.17) is 4.74 Å². The molecule has 1 aliphatic rings. The third-order valence-corrected chi connectivity index (χ3v) is 3.39. The number of hydrogen-bond donors (Lipinski definition) is 1. The molecule has 0 spiro atoms. The summed E-state index contributed by atoms with van der Waals surface area (Å²) in [6.07, 6.45) is 3.20. The van der Waals surface area contributed by atoms with Gasteiger partial charge in [0.15, 0.2) is 5.82 Å². The Kier molecular flexibility index (Phi) is 3.42. The average molecular weight is 303 g/mol. The lowest BCUT2D eigenvalue weighted by Gasteiger charge is -2.40. The highest BCUT2D eigenvalue weighted by Crippen LogP contribution is 2.24. The van der Waals surface area contributed by atoms with Crippen molar-refractivity contribution in [1.29, 1.82) is 0 Å². The van der Waals surface area contributed by atoms with E-state index in [0.717, 1.165) is 30.1 Å². The number of anilines is 1. The summed E-state index contributed by atoms with van der Waals surface area (Å²) in [5.74, 6) is 0.894. The van der Waals surface area contributed by atoms with Gasteiger partial charge in [0.25, 0.3) is 0 Å². The van der Waals surface area contributed by atoms with E-state index in [1.165, 1.54) is 0 Å². The smallest absolute Gasteiger partial charge is 0.407 e. The van der Waals surface area contributed by atoms with Crippen molar-refractivity contribution in [3.8, 4) is 0 Å². The van der Waals surface area contributed by atoms with Crippen molar-refractivity contribution < 1.29 is 9.53 Å². The Hall–Kier alpha value is -2.31. The summed E-state index contributed by atoms with van der Waals surface area (Å²) in [5.41, 5.74) is 1.46. The number of carbonyl (C=O) groups is 1. The van der Waals surface area contributed by atoms with Crippen molar-refractivity contribution in [3.63, 3.8) is 0 Å². The van der Waals surface area contributed by atoms with Crippen LogP contribution in [0.1, 0.15) is 26.5 Å². The fourth-order valence-corrected chi connectivity index (χ4v) is 2.49. The highest BCUT2D eigenvalue weighted by molar-refractivity contribution is 5.72. The summed E-state index contributed by atoms with van der Waals surface area (Å²) in [5, 5.41) is 7.26. The monoisotopic (exact) mass is 303 g/mol. The summed E-state index contributed by atoms with van der Waals surface area (Å²) in [7, 11) is 0. The van der Waals surface area contributed by atoms with Crippen LogP contribution >= 0.6 is 0 Å². The SMILES string of the molecule is Cc1cc2c(N3CC(NC(=O)OC(C)(C)C)C3)nccn2n1. The van der Waals surface area contributed by atoms with E-state index < -0.39 is 5.60 Å². The summed E-state index contributed by atoms with van der Waals surface area (Å²) in [6, 6.07) is 2.10. The van der Waals surface area contributed by atoms with Gasteiger partial charge in [-0.2, -0.15) is 5.10 Å². The number of alkyl carbamates (subject to hydrolysis) is 1. The molecule has 1 N–H and O–H groups in total. The van der Waals surface area contributed by atoms with Crippen molar-refractivity contribution in [2.75, 3.05) is 18.0 Å². The second-order valence-corrected chi connectivity index (χ2v) is 6.61. The van der Waals surface area contributed by atoms with Gasteiger partial charge in [-0.3, -0.25) is 0 Å². The number of hydrogen-bond acceptors (Lipinski definition) is 5. The standard InChI is InChI=1S/C15H21N5O2/c1-10-7-12-13(16-5-6-20(12)18-10)19-8-11(9-19)17-14(21)22-15(2,3)4/h5-7,11H,8-9H2,1-4H3,(H,17,21). The topological polar surface area (TPSA) is 71.8 Å². The predicted octanol–water partition coefficient (Wildman–Crippen LogP) is 1.75. The Labute approximate surface area is 129 Å². The first-order valence-corrected chi connectivity index (χ1v) is 7.37. The van der Waals surface area contributed by atoms with Gasteiger partial charge in [-0.25, -0.2) is 14.3 Å². The van der Waals surface area contributed by atoms with Crippen molar-refractivity contribution in [3.05, 3.63) is 24.2 Å². The molecule has 0 saturated carbocycles. The van der Waals surface area contributed by atoms with E-state index in [1.807, 2.05) is 44.5 Å². The van der Waals surface area contributed by atoms with Crippen LogP contribution in [-0.2, 0) is 4.74 Å². The molecule has 3 heterocycles. The van der Waals surface area contributed by atoms with Gasteiger partial charge in [0, 0.05) is 25.5 Å². The van der Waals surface area contributed by atoms with Gasteiger partial charge < -0.3 is 15.0 Å². The number of fused-ring (bicyclic) bond motifs is 1. The number of ether oxygens (including phenoxy) is 1. The Morgan fingerprint density at radius 3 is 2.82 bits per heavy atom. The van der Waals surface area contributed by atoms with E-state index in [9.17, 15) is 4.79 Å². The lowest BCUT2D eigenvalue weighted by Crippen LogP contribution is -2.60. The molecule has 0 atom stereocenters. The van der Waals surface area contributed by atoms with Crippen LogP contribution in [0.15, 0.2) is 18.5 Å². The third-order valence-electron chi connectivity index (χ3n) is 3.39. The number of aryl methyl sites for hydroxylation is 1. The molecule has 0 radical (unpaired) electrons. The Balaban J connectivity index is 1.62. The normalized spacial score (nSPS) is 15.7. The van der Waals surface area contributed by atoms with Gasteiger partial charge in [-0.15, -0.1) is 0 Å². The first kappa shape index (κ1) is 14.6. The molecule has 7 nitrogen and oxygen atoms in total. The second-order valence-electron chi connectivity index (χ2n) is 6.61. The summed E-state index contributed by atoms with van der Waals surface area (Å²) < 4.78 is 7.09. The molecular formula is C15H21N5O2. The summed E-state index contributed by atoms with van der Waals surface area (Å²) in [4.78, 5) is 18.3. The molecule has 1 saturated heterocycles. The molecule has 3 rings (SSSR count). The highest BCUT2D eigenvalue weighted by Gasteiger charge is 2.31. The molecule has 0 bridgehead atoms. The van der Waals surface area contributed by atoms with Crippen molar-refractivity contribution in [2.45, 2.75) is 39.3 Å². The minimum absolute atomic E-state index is 0.0842. The van der Waals surface area contributed by atoms with Crippen LogP contribution < -0.4 is 10.2 Å². The molecule has 118 valence electrons. The molecule has 2 aromatic rings. The van der Waals surface area contributed by atoms with Gasteiger partial charge in [-0.1, -0.05) is 0 Å². The van der Waals surface area contributed by atoms with Crippen LogP contribution in [0.25, 0.3) is 5.52 Å². The van der Waals surface area contributed by atoms with E-state index >= 15 is 0 Å². The number of nitrogens with zero attached hydrogens (tertiary/aromatic N) is 4. The van der Waals surface area contributed by atoms with Crippen molar-refractivity contribution in [1.82, 2.24) is 19.9 Å². The van der Waals surface area contributed by atoms with Crippen LogP contribution in [0.3, 0.4) is 0 Å². The zero-order valence-corrected chi connectivity index (χ0v) is 13.3. The minimum atomic E-state index is -0.476. The van der Waals surface area contributed by atoms with E-state index in [2.05, 4.69) is 20.3 Å². The van der Waals surface area contributed by atoms with Gasteiger partial charge in [0.2, 0.25) is 0 Å². The highest BCUT2D eigenvalue weighted by atomic mass is 16.6.